The quantitative estimate of drug-likeness (QED) is 0.886. The van der Waals surface area contributed by atoms with Gasteiger partial charge in [-0.05, 0) is 30.3 Å². The first kappa shape index (κ1) is 16.6. The molecule has 8 heteroatoms. The van der Waals surface area contributed by atoms with Crippen LogP contribution in [0.15, 0.2) is 47.1 Å². The molecule has 0 spiro atoms. The Morgan fingerprint density at radius 3 is 2.52 bits per heavy atom. The SMILES string of the molecule is O=C(CNC(=O)c1cccc(C(F)(F)F)c1)NCc1ccco1. The van der Waals surface area contributed by atoms with Gasteiger partial charge in [0.1, 0.15) is 5.76 Å². The van der Waals surface area contributed by atoms with Crippen molar-refractivity contribution in [1.29, 1.82) is 0 Å². The smallest absolute Gasteiger partial charge is 0.416 e. The van der Waals surface area contributed by atoms with E-state index in [1.807, 2.05) is 0 Å². The molecule has 0 unspecified atom stereocenters. The normalized spacial score (nSPS) is 11.1. The topological polar surface area (TPSA) is 71.3 Å². The average molecular weight is 326 g/mol. The van der Waals surface area contributed by atoms with Gasteiger partial charge in [-0.15, -0.1) is 0 Å². The number of benzene rings is 1. The van der Waals surface area contributed by atoms with Crippen molar-refractivity contribution in [1.82, 2.24) is 10.6 Å². The maximum absolute atomic E-state index is 12.6. The Balaban J connectivity index is 1.86. The molecule has 23 heavy (non-hydrogen) atoms. The van der Waals surface area contributed by atoms with E-state index in [-0.39, 0.29) is 18.7 Å². The lowest BCUT2D eigenvalue weighted by Crippen LogP contribution is -2.36. The van der Waals surface area contributed by atoms with Crippen LogP contribution in [0.3, 0.4) is 0 Å². The van der Waals surface area contributed by atoms with Crippen molar-refractivity contribution < 1.29 is 27.2 Å². The number of halogens is 3. The van der Waals surface area contributed by atoms with Gasteiger partial charge in [0.25, 0.3) is 5.91 Å². The molecule has 2 N–H and O–H groups in total. The Morgan fingerprint density at radius 2 is 1.87 bits per heavy atom. The van der Waals surface area contributed by atoms with Gasteiger partial charge in [0.05, 0.1) is 24.9 Å². The van der Waals surface area contributed by atoms with Gasteiger partial charge in [0.2, 0.25) is 5.91 Å². The maximum atomic E-state index is 12.6. The fourth-order valence-electron chi connectivity index (χ4n) is 1.76. The Morgan fingerprint density at radius 1 is 1.09 bits per heavy atom. The zero-order valence-electron chi connectivity index (χ0n) is 11.8. The van der Waals surface area contributed by atoms with Crippen molar-refractivity contribution in [2.45, 2.75) is 12.7 Å². The van der Waals surface area contributed by atoms with Gasteiger partial charge in [0.15, 0.2) is 0 Å². The summed E-state index contributed by atoms with van der Waals surface area (Å²) in [7, 11) is 0. The highest BCUT2D eigenvalue weighted by molar-refractivity contribution is 5.96. The zero-order chi connectivity index (χ0) is 16.9. The summed E-state index contributed by atoms with van der Waals surface area (Å²) in [6.07, 6.45) is -3.08. The van der Waals surface area contributed by atoms with Gasteiger partial charge in [0, 0.05) is 5.56 Å². The molecule has 1 aromatic heterocycles. The molecule has 1 heterocycles. The van der Waals surface area contributed by atoms with Gasteiger partial charge in [-0.2, -0.15) is 13.2 Å². The Labute approximate surface area is 129 Å². The molecule has 0 saturated carbocycles. The van der Waals surface area contributed by atoms with Crippen LogP contribution in [0.5, 0.6) is 0 Å². The number of alkyl halides is 3. The summed E-state index contributed by atoms with van der Waals surface area (Å²) in [5.74, 6) is -0.700. The van der Waals surface area contributed by atoms with Crippen molar-refractivity contribution >= 4 is 11.8 Å². The molecular weight excluding hydrogens is 313 g/mol. The molecule has 0 radical (unpaired) electrons. The second kappa shape index (κ2) is 6.99. The summed E-state index contributed by atoms with van der Waals surface area (Å²) in [6.45, 7) is -0.193. The number of rotatable bonds is 5. The molecule has 0 aliphatic rings. The summed E-state index contributed by atoms with van der Waals surface area (Å²) in [6, 6.07) is 7.31. The third-order valence-corrected chi connectivity index (χ3v) is 2.90. The third-order valence-electron chi connectivity index (χ3n) is 2.90. The van der Waals surface area contributed by atoms with E-state index in [0.29, 0.717) is 5.76 Å². The summed E-state index contributed by atoms with van der Waals surface area (Å²) in [5.41, 5.74) is -1.09. The highest BCUT2D eigenvalue weighted by Crippen LogP contribution is 2.29. The Hall–Kier alpha value is -2.77. The standard InChI is InChI=1S/C15H13F3N2O3/c16-15(17,18)11-4-1-3-10(7-11)14(22)20-9-13(21)19-8-12-5-2-6-23-12/h1-7H,8-9H2,(H,19,21)(H,20,22). The largest absolute Gasteiger partial charge is 0.467 e. The summed E-state index contributed by atoms with van der Waals surface area (Å²) in [5, 5.41) is 4.76. The highest BCUT2D eigenvalue weighted by atomic mass is 19.4. The van der Waals surface area contributed by atoms with Crippen molar-refractivity contribution in [3.05, 3.63) is 59.5 Å². The molecule has 2 rings (SSSR count). The molecular formula is C15H13F3N2O3. The van der Waals surface area contributed by atoms with E-state index in [9.17, 15) is 22.8 Å². The van der Waals surface area contributed by atoms with Crippen molar-refractivity contribution in [2.75, 3.05) is 6.54 Å². The number of hydrogen-bond acceptors (Lipinski definition) is 3. The number of amides is 2. The van der Waals surface area contributed by atoms with E-state index >= 15 is 0 Å². The second-order valence-corrected chi connectivity index (χ2v) is 4.62. The van der Waals surface area contributed by atoms with E-state index in [0.717, 1.165) is 18.2 Å². The lowest BCUT2D eigenvalue weighted by molar-refractivity contribution is -0.137. The molecule has 1 aromatic carbocycles. The van der Waals surface area contributed by atoms with Crippen LogP contribution in [0.2, 0.25) is 0 Å². The van der Waals surface area contributed by atoms with E-state index in [1.54, 1.807) is 12.1 Å². The van der Waals surface area contributed by atoms with Crippen molar-refractivity contribution in [3.8, 4) is 0 Å². The predicted octanol–water partition coefficient (Wildman–Crippen LogP) is 2.34. The van der Waals surface area contributed by atoms with Crippen LogP contribution in [0.1, 0.15) is 21.7 Å². The van der Waals surface area contributed by atoms with Crippen LogP contribution in [0.4, 0.5) is 13.2 Å². The molecule has 122 valence electrons. The van der Waals surface area contributed by atoms with Gasteiger partial charge < -0.3 is 15.1 Å². The fraction of sp³-hybridized carbons (Fsp3) is 0.200. The minimum absolute atomic E-state index is 0.158. The Kier molecular flexibility index (Phi) is 5.05. The maximum Gasteiger partial charge on any atom is 0.416 e. The molecule has 0 aliphatic carbocycles. The summed E-state index contributed by atoms with van der Waals surface area (Å²) < 4.78 is 42.7. The van der Waals surface area contributed by atoms with Crippen LogP contribution >= 0.6 is 0 Å². The molecule has 2 aromatic rings. The lowest BCUT2D eigenvalue weighted by Gasteiger charge is -2.09. The van der Waals surface area contributed by atoms with Crippen LogP contribution in [-0.2, 0) is 17.5 Å². The molecule has 0 bridgehead atoms. The molecule has 0 fully saturated rings. The molecule has 0 aliphatic heterocycles. The Bertz CT molecular complexity index is 682. The van der Waals surface area contributed by atoms with Crippen LogP contribution in [-0.4, -0.2) is 18.4 Å². The molecule has 0 atom stereocenters. The first-order valence-corrected chi connectivity index (χ1v) is 6.61. The van der Waals surface area contributed by atoms with Gasteiger partial charge in [-0.25, -0.2) is 0 Å². The number of furan rings is 1. The third kappa shape index (κ3) is 4.87. The monoisotopic (exact) mass is 326 g/mol. The van der Waals surface area contributed by atoms with Gasteiger partial charge in [-0.1, -0.05) is 6.07 Å². The number of nitrogens with one attached hydrogen (secondary N) is 2. The first-order chi connectivity index (χ1) is 10.9. The van der Waals surface area contributed by atoms with Crippen molar-refractivity contribution in [2.24, 2.45) is 0 Å². The van der Waals surface area contributed by atoms with E-state index in [4.69, 9.17) is 4.42 Å². The van der Waals surface area contributed by atoms with E-state index in [1.165, 1.54) is 12.3 Å². The van der Waals surface area contributed by atoms with Crippen LogP contribution in [0, 0.1) is 0 Å². The average Bonchev–Trinajstić information content (AvgIpc) is 3.03. The van der Waals surface area contributed by atoms with E-state index < -0.39 is 23.6 Å². The lowest BCUT2D eigenvalue weighted by atomic mass is 10.1. The minimum Gasteiger partial charge on any atom is -0.467 e. The molecule has 0 saturated heterocycles. The predicted molar refractivity (Wildman–Crippen MR) is 74.3 cm³/mol. The number of hydrogen-bond donors (Lipinski definition) is 2. The number of carbonyl (C=O) groups is 2. The van der Waals surface area contributed by atoms with Crippen LogP contribution < -0.4 is 10.6 Å². The number of carbonyl (C=O) groups excluding carboxylic acids is 2. The fourth-order valence-corrected chi connectivity index (χ4v) is 1.76. The summed E-state index contributed by atoms with van der Waals surface area (Å²) >= 11 is 0. The molecule has 2 amide bonds. The first-order valence-electron chi connectivity index (χ1n) is 6.61. The second-order valence-electron chi connectivity index (χ2n) is 4.62. The summed E-state index contributed by atoms with van der Waals surface area (Å²) in [4.78, 5) is 23.3. The zero-order valence-corrected chi connectivity index (χ0v) is 11.8. The van der Waals surface area contributed by atoms with Gasteiger partial charge in [-0.3, -0.25) is 9.59 Å². The van der Waals surface area contributed by atoms with Gasteiger partial charge >= 0.3 is 6.18 Å². The minimum atomic E-state index is -4.53. The van der Waals surface area contributed by atoms with Crippen LogP contribution in [0.25, 0.3) is 0 Å². The van der Waals surface area contributed by atoms with Crippen molar-refractivity contribution in [3.63, 3.8) is 0 Å². The molecule has 5 nitrogen and oxygen atoms in total. The van der Waals surface area contributed by atoms with E-state index in [2.05, 4.69) is 10.6 Å². The highest BCUT2D eigenvalue weighted by Gasteiger charge is 2.30.